The Morgan fingerprint density at radius 1 is 1.29 bits per heavy atom. The Balaban J connectivity index is 2.21. The maximum atomic E-state index is 13.3. The van der Waals surface area contributed by atoms with Gasteiger partial charge in [0.15, 0.2) is 11.6 Å². The smallest absolute Gasteiger partial charge is 0.162 e. The summed E-state index contributed by atoms with van der Waals surface area (Å²) < 4.78 is 26.2. The van der Waals surface area contributed by atoms with Crippen LogP contribution < -0.4 is 5.73 Å². The zero-order valence-corrected chi connectivity index (χ0v) is 7.89. The molecule has 1 aliphatic carbocycles. The molecule has 0 spiro atoms. The van der Waals surface area contributed by atoms with E-state index in [0.717, 1.165) is 18.9 Å². The van der Waals surface area contributed by atoms with Gasteiger partial charge in [0, 0.05) is 0 Å². The van der Waals surface area contributed by atoms with Crippen molar-refractivity contribution >= 4 is 0 Å². The van der Waals surface area contributed by atoms with Crippen LogP contribution in [0.5, 0.6) is 0 Å². The van der Waals surface area contributed by atoms with Crippen LogP contribution in [-0.4, -0.2) is 6.54 Å². The Bertz CT molecular complexity index is 345. The van der Waals surface area contributed by atoms with Crippen molar-refractivity contribution < 1.29 is 8.78 Å². The van der Waals surface area contributed by atoms with E-state index in [9.17, 15) is 8.78 Å². The van der Waals surface area contributed by atoms with Gasteiger partial charge in [-0.1, -0.05) is 12.1 Å². The summed E-state index contributed by atoms with van der Waals surface area (Å²) in [6, 6.07) is 4.31. The maximum Gasteiger partial charge on any atom is 0.162 e. The lowest BCUT2D eigenvalue weighted by molar-refractivity contribution is 0.467. The normalized spacial score (nSPS) is 18.2. The molecule has 76 valence electrons. The molecule has 1 aliphatic rings. The zero-order valence-electron chi connectivity index (χ0n) is 7.89. The molecular formula is C11H13F2N. The predicted octanol–water partition coefficient (Wildman–Crippen LogP) is 2.25. The van der Waals surface area contributed by atoms with E-state index in [1.54, 1.807) is 12.1 Å². The lowest BCUT2D eigenvalue weighted by atomic mass is 9.96. The third-order valence-corrected chi connectivity index (χ3v) is 2.99. The van der Waals surface area contributed by atoms with Gasteiger partial charge in [-0.25, -0.2) is 8.78 Å². The fourth-order valence-corrected chi connectivity index (χ4v) is 1.72. The number of rotatable bonds is 3. The van der Waals surface area contributed by atoms with Gasteiger partial charge in [-0.2, -0.15) is 0 Å². The first-order valence-electron chi connectivity index (χ1n) is 4.80. The second-order valence-electron chi connectivity index (χ2n) is 4.09. The summed E-state index contributed by atoms with van der Waals surface area (Å²) in [6.07, 6.45) is 2.62. The monoisotopic (exact) mass is 197 g/mol. The molecular weight excluding hydrogens is 184 g/mol. The summed E-state index contributed by atoms with van der Waals surface area (Å²) in [6.45, 7) is 0.558. The summed E-state index contributed by atoms with van der Waals surface area (Å²) >= 11 is 0. The molecule has 0 unspecified atom stereocenters. The van der Waals surface area contributed by atoms with Crippen LogP contribution >= 0.6 is 0 Å². The minimum absolute atomic E-state index is 0.0502. The third kappa shape index (κ3) is 1.64. The Hall–Kier alpha value is -0.960. The Morgan fingerprint density at radius 3 is 2.57 bits per heavy atom. The van der Waals surface area contributed by atoms with Crippen molar-refractivity contribution in [3.05, 3.63) is 35.4 Å². The molecule has 2 N–H and O–H groups in total. The predicted molar refractivity (Wildman–Crippen MR) is 50.8 cm³/mol. The van der Waals surface area contributed by atoms with E-state index >= 15 is 0 Å². The number of hydrogen-bond donors (Lipinski definition) is 1. The molecule has 0 aliphatic heterocycles. The second kappa shape index (κ2) is 3.31. The first-order chi connectivity index (χ1) is 6.67. The van der Waals surface area contributed by atoms with Crippen LogP contribution in [0.1, 0.15) is 18.4 Å². The Morgan fingerprint density at radius 2 is 2.00 bits per heavy atom. The largest absolute Gasteiger partial charge is 0.330 e. The van der Waals surface area contributed by atoms with Gasteiger partial charge in [-0.05, 0) is 42.9 Å². The van der Waals surface area contributed by atoms with E-state index in [1.165, 1.54) is 0 Å². The molecule has 0 radical (unpaired) electrons. The first kappa shape index (κ1) is 9.59. The molecule has 3 heteroatoms. The SMILES string of the molecule is NCC1(Cc2cccc(F)c2F)CC1. The van der Waals surface area contributed by atoms with Gasteiger partial charge in [-0.3, -0.25) is 0 Å². The number of benzene rings is 1. The molecule has 1 aromatic rings. The number of hydrogen-bond acceptors (Lipinski definition) is 1. The van der Waals surface area contributed by atoms with Crippen molar-refractivity contribution in [1.82, 2.24) is 0 Å². The molecule has 2 rings (SSSR count). The van der Waals surface area contributed by atoms with Gasteiger partial charge in [0.2, 0.25) is 0 Å². The minimum Gasteiger partial charge on any atom is -0.330 e. The van der Waals surface area contributed by atoms with Crippen LogP contribution in [-0.2, 0) is 6.42 Å². The van der Waals surface area contributed by atoms with Crippen molar-refractivity contribution in [1.29, 1.82) is 0 Å². The first-order valence-corrected chi connectivity index (χ1v) is 4.80. The van der Waals surface area contributed by atoms with Crippen LogP contribution in [0.4, 0.5) is 8.78 Å². The standard InChI is InChI=1S/C11H13F2N/c12-9-3-1-2-8(10(9)13)6-11(7-14)4-5-11/h1-3H,4-7,14H2. The average molecular weight is 197 g/mol. The third-order valence-electron chi connectivity index (χ3n) is 2.99. The van der Waals surface area contributed by atoms with Crippen molar-refractivity contribution in [2.24, 2.45) is 11.1 Å². The highest BCUT2D eigenvalue weighted by Crippen LogP contribution is 2.47. The lowest BCUT2D eigenvalue weighted by Gasteiger charge is -2.12. The van der Waals surface area contributed by atoms with Gasteiger partial charge in [0.1, 0.15) is 0 Å². The maximum absolute atomic E-state index is 13.3. The highest BCUT2D eigenvalue weighted by molar-refractivity contribution is 5.22. The average Bonchev–Trinajstić information content (AvgIpc) is 2.94. The van der Waals surface area contributed by atoms with E-state index < -0.39 is 11.6 Å². The van der Waals surface area contributed by atoms with Crippen LogP contribution in [0.15, 0.2) is 18.2 Å². The molecule has 0 saturated heterocycles. The number of halogens is 2. The molecule has 0 atom stereocenters. The topological polar surface area (TPSA) is 26.0 Å². The quantitative estimate of drug-likeness (QED) is 0.790. The molecule has 1 saturated carbocycles. The van der Waals surface area contributed by atoms with E-state index in [2.05, 4.69) is 0 Å². The summed E-state index contributed by atoms with van der Waals surface area (Å²) in [5.74, 6) is -1.48. The summed E-state index contributed by atoms with van der Waals surface area (Å²) in [5.41, 5.74) is 6.09. The highest BCUT2D eigenvalue weighted by Gasteiger charge is 2.41. The van der Waals surface area contributed by atoms with Gasteiger partial charge >= 0.3 is 0 Å². The molecule has 14 heavy (non-hydrogen) atoms. The van der Waals surface area contributed by atoms with Gasteiger partial charge < -0.3 is 5.73 Å². The molecule has 1 nitrogen and oxygen atoms in total. The summed E-state index contributed by atoms with van der Waals surface area (Å²) in [5, 5.41) is 0. The number of nitrogens with two attached hydrogens (primary N) is 1. The highest BCUT2D eigenvalue weighted by atomic mass is 19.2. The van der Waals surface area contributed by atoms with Crippen LogP contribution in [0.3, 0.4) is 0 Å². The van der Waals surface area contributed by atoms with Crippen molar-refractivity contribution in [3.63, 3.8) is 0 Å². The van der Waals surface area contributed by atoms with Crippen LogP contribution in [0.25, 0.3) is 0 Å². The lowest BCUT2D eigenvalue weighted by Crippen LogP contribution is -2.18. The molecule has 0 bridgehead atoms. The van der Waals surface area contributed by atoms with E-state index in [0.29, 0.717) is 18.5 Å². The Labute approximate surface area is 81.9 Å². The zero-order chi connectivity index (χ0) is 10.2. The summed E-state index contributed by atoms with van der Waals surface area (Å²) in [4.78, 5) is 0. The van der Waals surface area contributed by atoms with Gasteiger partial charge in [0.25, 0.3) is 0 Å². The fourth-order valence-electron chi connectivity index (χ4n) is 1.72. The summed E-state index contributed by atoms with van der Waals surface area (Å²) in [7, 11) is 0. The molecule has 0 amide bonds. The minimum atomic E-state index is -0.768. The van der Waals surface area contributed by atoms with Gasteiger partial charge in [-0.15, -0.1) is 0 Å². The Kier molecular flexibility index (Phi) is 2.27. The van der Waals surface area contributed by atoms with Crippen molar-refractivity contribution in [2.75, 3.05) is 6.54 Å². The molecule has 0 aromatic heterocycles. The second-order valence-corrected chi connectivity index (χ2v) is 4.09. The van der Waals surface area contributed by atoms with E-state index in [4.69, 9.17) is 5.73 Å². The molecule has 1 aromatic carbocycles. The van der Waals surface area contributed by atoms with E-state index in [1.807, 2.05) is 0 Å². The molecule has 0 heterocycles. The van der Waals surface area contributed by atoms with Crippen molar-refractivity contribution in [2.45, 2.75) is 19.3 Å². The van der Waals surface area contributed by atoms with E-state index in [-0.39, 0.29) is 5.41 Å². The van der Waals surface area contributed by atoms with Crippen molar-refractivity contribution in [3.8, 4) is 0 Å². The van der Waals surface area contributed by atoms with Crippen LogP contribution in [0, 0.1) is 17.0 Å². The molecule has 1 fully saturated rings. The van der Waals surface area contributed by atoms with Gasteiger partial charge in [0.05, 0.1) is 0 Å². The fraction of sp³-hybridized carbons (Fsp3) is 0.455. The van der Waals surface area contributed by atoms with Crippen LogP contribution in [0.2, 0.25) is 0 Å².